The molecule has 1 aliphatic rings. The number of rotatable bonds is 3. The van der Waals surface area contributed by atoms with Crippen LogP contribution in [0.15, 0.2) is 24.3 Å². The topological polar surface area (TPSA) is 26.0 Å². The summed E-state index contributed by atoms with van der Waals surface area (Å²) >= 11 is 6.17. The second kappa shape index (κ2) is 4.33. The van der Waals surface area contributed by atoms with Crippen molar-refractivity contribution in [1.29, 1.82) is 0 Å². The predicted molar refractivity (Wildman–Crippen MR) is 60.6 cm³/mol. The Morgan fingerprint density at radius 3 is 2.57 bits per heavy atom. The Morgan fingerprint density at radius 2 is 2.07 bits per heavy atom. The Bertz CT molecular complexity index is 307. The molecule has 0 spiro atoms. The van der Waals surface area contributed by atoms with Crippen LogP contribution in [0.1, 0.15) is 30.7 Å². The second-order valence-electron chi connectivity index (χ2n) is 4.05. The minimum atomic E-state index is 0.470. The maximum atomic E-state index is 6.17. The fourth-order valence-corrected chi connectivity index (χ4v) is 2.47. The molecule has 1 atom stereocenters. The first kappa shape index (κ1) is 10.0. The third-order valence-corrected chi connectivity index (χ3v) is 3.62. The van der Waals surface area contributed by atoms with Crippen LogP contribution in [0.3, 0.4) is 0 Å². The van der Waals surface area contributed by atoms with E-state index in [0.717, 1.165) is 10.9 Å². The van der Waals surface area contributed by atoms with Crippen molar-refractivity contribution in [2.75, 3.05) is 6.54 Å². The monoisotopic (exact) mass is 209 g/mol. The highest BCUT2D eigenvalue weighted by atomic mass is 35.5. The standard InChI is InChI=1S/C12H16ClN/c13-12-7-2-1-6-10(12)11(8-14)9-4-3-5-9/h1-2,6-7,9,11H,3-5,8,14H2. The molecule has 0 amide bonds. The molecule has 0 bridgehead atoms. The van der Waals surface area contributed by atoms with Gasteiger partial charge in [0.1, 0.15) is 0 Å². The minimum absolute atomic E-state index is 0.470. The Hall–Kier alpha value is -0.530. The lowest BCUT2D eigenvalue weighted by atomic mass is 9.73. The molecule has 14 heavy (non-hydrogen) atoms. The van der Waals surface area contributed by atoms with Crippen LogP contribution in [0.4, 0.5) is 0 Å². The molecule has 2 rings (SSSR count). The lowest BCUT2D eigenvalue weighted by Gasteiger charge is -2.33. The van der Waals surface area contributed by atoms with E-state index in [2.05, 4.69) is 6.07 Å². The van der Waals surface area contributed by atoms with Crippen molar-refractivity contribution < 1.29 is 0 Å². The van der Waals surface area contributed by atoms with Gasteiger partial charge in [0.15, 0.2) is 0 Å². The maximum Gasteiger partial charge on any atom is 0.0441 e. The van der Waals surface area contributed by atoms with Gasteiger partial charge >= 0.3 is 0 Å². The van der Waals surface area contributed by atoms with Crippen LogP contribution in [0.2, 0.25) is 5.02 Å². The molecule has 0 radical (unpaired) electrons. The van der Waals surface area contributed by atoms with Crippen LogP contribution in [0.5, 0.6) is 0 Å². The third-order valence-electron chi connectivity index (χ3n) is 3.28. The van der Waals surface area contributed by atoms with Crippen LogP contribution in [-0.2, 0) is 0 Å². The second-order valence-corrected chi connectivity index (χ2v) is 4.46. The summed E-state index contributed by atoms with van der Waals surface area (Å²) in [5.74, 6) is 1.23. The summed E-state index contributed by atoms with van der Waals surface area (Å²) in [6.45, 7) is 0.717. The highest BCUT2D eigenvalue weighted by Crippen LogP contribution is 2.40. The molecule has 1 aromatic carbocycles. The zero-order valence-electron chi connectivity index (χ0n) is 8.25. The fraction of sp³-hybridized carbons (Fsp3) is 0.500. The van der Waals surface area contributed by atoms with Crippen molar-refractivity contribution >= 4 is 11.6 Å². The van der Waals surface area contributed by atoms with Gasteiger partial charge in [-0.25, -0.2) is 0 Å². The average molecular weight is 210 g/mol. The molecule has 76 valence electrons. The molecule has 0 heterocycles. The van der Waals surface area contributed by atoms with E-state index in [1.54, 1.807) is 0 Å². The molecule has 0 aliphatic heterocycles. The third kappa shape index (κ3) is 1.79. The molecule has 1 nitrogen and oxygen atoms in total. The van der Waals surface area contributed by atoms with Crippen molar-refractivity contribution in [3.05, 3.63) is 34.9 Å². The van der Waals surface area contributed by atoms with Crippen molar-refractivity contribution in [1.82, 2.24) is 0 Å². The summed E-state index contributed by atoms with van der Waals surface area (Å²) in [4.78, 5) is 0. The van der Waals surface area contributed by atoms with E-state index in [9.17, 15) is 0 Å². The highest BCUT2D eigenvalue weighted by molar-refractivity contribution is 6.31. The van der Waals surface area contributed by atoms with E-state index in [-0.39, 0.29) is 0 Å². The van der Waals surface area contributed by atoms with Gasteiger partial charge in [0.25, 0.3) is 0 Å². The zero-order valence-corrected chi connectivity index (χ0v) is 9.00. The van der Waals surface area contributed by atoms with Crippen LogP contribution in [-0.4, -0.2) is 6.54 Å². The fourth-order valence-electron chi connectivity index (χ4n) is 2.19. The lowest BCUT2D eigenvalue weighted by molar-refractivity contribution is 0.264. The van der Waals surface area contributed by atoms with E-state index in [1.807, 2.05) is 18.2 Å². The van der Waals surface area contributed by atoms with Gasteiger partial charge < -0.3 is 5.73 Å². The molecule has 2 N–H and O–H groups in total. The molecular weight excluding hydrogens is 194 g/mol. The van der Waals surface area contributed by atoms with E-state index < -0.39 is 0 Å². The summed E-state index contributed by atoms with van der Waals surface area (Å²) in [5.41, 5.74) is 7.06. The largest absolute Gasteiger partial charge is 0.330 e. The van der Waals surface area contributed by atoms with E-state index in [1.165, 1.54) is 24.8 Å². The number of halogens is 1. The average Bonchev–Trinajstić information content (AvgIpc) is 2.12. The molecule has 2 heteroatoms. The molecule has 1 aliphatic carbocycles. The Morgan fingerprint density at radius 1 is 1.36 bits per heavy atom. The predicted octanol–water partition coefficient (Wildman–Crippen LogP) is 3.18. The van der Waals surface area contributed by atoms with Gasteiger partial charge in [-0.2, -0.15) is 0 Å². The SMILES string of the molecule is NCC(c1ccccc1Cl)C1CCC1. The molecule has 1 fully saturated rings. The molecular formula is C12H16ClN. The first-order valence-corrected chi connectivity index (χ1v) is 5.65. The van der Waals surface area contributed by atoms with Crippen LogP contribution in [0, 0.1) is 5.92 Å². The van der Waals surface area contributed by atoms with E-state index in [0.29, 0.717) is 12.5 Å². The van der Waals surface area contributed by atoms with E-state index in [4.69, 9.17) is 17.3 Å². The van der Waals surface area contributed by atoms with Crippen molar-refractivity contribution in [2.45, 2.75) is 25.2 Å². The summed E-state index contributed by atoms with van der Waals surface area (Å²) < 4.78 is 0. The van der Waals surface area contributed by atoms with Crippen molar-refractivity contribution in [3.63, 3.8) is 0 Å². The minimum Gasteiger partial charge on any atom is -0.330 e. The Labute approximate surface area is 90.3 Å². The van der Waals surface area contributed by atoms with Gasteiger partial charge in [0.05, 0.1) is 0 Å². The van der Waals surface area contributed by atoms with Gasteiger partial charge in [-0.05, 0) is 36.9 Å². The van der Waals surface area contributed by atoms with Crippen LogP contribution in [0.25, 0.3) is 0 Å². The van der Waals surface area contributed by atoms with Crippen molar-refractivity contribution in [3.8, 4) is 0 Å². The summed E-state index contributed by atoms with van der Waals surface area (Å²) in [6.07, 6.45) is 3.98. The normalized spacial score (nSPS) is 19.0. The van der Waals surface area contributed by atoms with Gasteiger partial charge in [-0.15, -0.1) is 0 Å². The molecule has 0 saturated heterocycles. The quantitative estimate of drug-likeness (QED) is 0.813. The zero-order chi connectivity index (χ0) is 9.97. The first-order valence-electron chi connectivity index (χ1n) is 5.27. The lowest BCUT2D eigenvalue weighted by Crippen LogP contribution is -2.26. The summed E-state index contributed by atoms with van der Waals surface area (Å²) in [5, 5.41) is 0.870. The smallest absolute Gasteiger partial charge is 0.0441 e. The molecule has 1 saturated carbocycles. The van der Waals surface area contributed by atoms with Gasteiger partial charge in [0.2, 0.25) is 0 Å². The number of nitrogens with two attached hydrogens (primary N) is 1. The summed E-state index contributed by atoms with van der Waals surface area (Å²) in [6, 6.07) is 8.08. The van der Waals surface area contributed by atoms with Gasteiger partial charge in [0, 0.05) is 10.9 Å². The number of hydrogen-bond acceptors (Lipinski definition) is 1. The Balaban J connectivity index is 2.22. The summed E-state index contributed by atoms with van der Waals surface area (Å²) in [7, 11) is 0. The first-order chi connectivity index (χ1) is 6.83. The van der Waals surface area contributed by atoms with E-state index >= 15 is 0 Å². The maximum absolute atomic E-state index is 6.17. The highest BCUT2D eigenvalue weighted by Gasteiger charge is 2.28. The number of hydrogen-bond donors (Lipinski definition) is 1. The molecule has 1 unspecified atom stereocenters. The van der Waals surface area contributed by atoms with Gasteiger partial charge in [-0.3, -0.25) is 0 Å². The van der Waals surface area contributed by atoms with Gasteiger partial charge in [-0.1, -0.05) is 36.2 Å². The molecule has 1 aromatic rings. The van der Waals surface area contributed by atoms with Crippen LogP contribution < -0.4 is 5.73 Å². The van der Waals surface area contributed by atoms with Crippen molar-refractivity contribution in [2.24, 2.45) is 11.7 Å². The molecule has 0 aromatic heterocycles. The number of benzene rings is 1. The Kier molecular flexibility index (Phi) is 3.09. The van der Waals surface area contributed by atoms with Crippen LogP contribution >= 0.6 is 11.6 Å².